The second-order valence-corrected chi connectivity index (χ2v) is 6.15. The zero-order valence-electron chi connectivity index (χ0n) is 13.2. The molecule has 1 amide bonds. The van der Waals surface area contributed by atoms with E-state index in [2.05, 4.69) is 15.1 Å². The van der Waals surface area contributed by atoms with Crippen molar-refractivity contribution in [3.05, 3.63) is 51.8 Å². The first kappa shape index (κ1) is 16.3. The highest BCUT2D eigenvalue weighted by Crippen LogP contribution is 2.19. The van der Waals surface area contributed by atoms with Crippen molar-refractivity contribution >= 4 is 17.2 Å². The van der Waals surface area contributed by atoms with Crippen molar-refractivity contribution in [3.63, 3.8) is 0 Å². The average Bonchev–Trinajstić information content (AvgIpc) is 3.18. The Kier molecular flexibility index (Phi) is 4.66. The molecule has 0 fully saturated rings. The van der Waals surface area contributed by atoms with Gasteiger partial charge < -0.3 is 9.09 Å². The molecule has 0 saturated heterocycles. The quantitative estimate of drug-likeness (QED) is 0.728. The molecule has 3 aromatic rings. The smallest absolute Gasteiger partial charge is 0.248 e. The number of carbonyl (C=O) groups excluding carboxylic acids is 1. The predicted molar refractivity (Wildman–Crippen MR) is 86.6 cm³/mol. The molecule has 6 nitrogen and oxygen atoms in total. The lowest BCUT2D eigenvalue weighted by Gasteiger charge is -1.97. The van der Waals surface area contributed by atoms with Crippen molar-refractivity contribution in [2.75, 3.05) is 0 Å². The second-order valence-electron chi connectivity index (χ2n) is 5.28. The lowest BCUT2D eigenvalue weighted by molar-refractivity contribution is -0.118. The van der Waals surface area contributed by atoms with Gasteiger partial charge in [0.05, 0.1) is 0 Å². The molecule has 0 bridgehead atoms. The van der Waals surface area contributed by atoms with Gasteiger partial charge >= 0.3 is 0 Å². The van der Waals surface area contributed by atoms with Crippen LogP contribution in [0.2, 0.25) is 0 Å². The van der Waals surface area contributed by atoms with Crippen LogP contribution >= 0.6 is 11.3 Å². The van der Waals surface area contributed by atoms with E-state index in [0.717, 1.165) is 0 Å². The number of amides is 1. The molecule has 2 aromatic heterocycles. The summed E-state index contributed by atoms with van der Waals surface area (Å²) in [4.78, 5) is 20.8. The molecule has 0 unspecified atom stereocenters. The molecule has 0 radical (unpaired) electrons. The standard InChI is InChI=1S/C16H15FN4O2S/c1-10-9-11(3-4-12(10)17)15-19-14(23-20-15)6-5-13(22)18-16-21(2)7-8-24-16/h3-4,7-9H,5-6H2,1-2H3. The number of rotatable bonds is 4. The van der Waals surface area contributed by atoms with Gasteiger partial charge in [0.15, 0.2) is 4.80 Å². The monoisotopic (exact) mass is 346 g/mol. The van der Waals surface area contributed by atoms with Gasteiger partial charge in [-0.2, -0.15) is 9.98 Å². The molecule has 2 heterocycles. The van der Waals surface area contributed by atoms with Crippen LogP contribution in [0.4, 0.5) is 4.39 Å². The first-order valence-corrected chi connectivity index (χ1v) is 8.17. The number of nitrogens with zero attached hydrogens (tertiary/aromatic N) is 4. The normalized spacial score (nSPS) is 11.9. The Morgan fingerprint density at radius 3 is 3.00 bits per heavy atom. The maximum absolute atomic E-state index is 13.3. The van der Waals surface area contributed by atoms with Gasteiger partial charge in [0.1, 0.15) is 5.82 Å². The molecule has 0 aliphatic heterocycles. The molecule has 0 N–H and O–H groups in total. The fourth-order valence-electron chi connectivity index (χ4n) is 2.07. The van der Waals surface area contributed by atoms with E-state index in [-0.39, 0.29) is 18.1 Å². The molecule has 0 spiro atoms. The number of halogens is 1. The molecule has 24 heavy (non-hydrogen) atoms. The van der Waals surface area contributed by atoms with E-state index in [1.54, 1.807) is 23.6 Å². The highest BCUT2D eigenvalue weighted by molar-refractivity contribution is 7.07. The van der Waals surface area contributed by atoms with Gasteiger partial charge in [-0.1, -0.05) is 5.16 Å². The van der Waals surface area contributed by atoms with Crippen molar-refractivity contribution in [2.45, 2.75) is 19.8 Å². The van der Waals surface area contributed by atoms with Gasteiger partial charge in [-0.05, 0) is 30.7 Å². The van der Waals surface area contributed by atoms with E-state index in [4.69, 9.17) is 4.52 Å². The van der Waals surface area contributed by atoms with Crippen LogP contribution in [0.5, 0.6) is 0 Å². The third-order valence-electron chi connectivity index (χ3n) is 3.42. The molecule has 3 rings (SSSR count). The van der Waals surface area contributed by atoms with Crippen LogP contribution in [0, 0.1) is 12.7 Å². The zero-order chi connectivity index (χ0) is 17.1. The molecule has 124 valence electrons. The van der Waals surface area contributed by atoms with E-state index < -0.39 is 0 Å². The maximum atomic E-state index is 13.3. The lowest BCUT2D eigenvalue weighted by atomic mass is 10.1. The van der Waals surface area contributed by atoms with Crippen molar-refractivity contribution in [3.8, 4) is 11.4 Å². The predicted octanol–water partition coefficient (Wildman–Crippen LogP) is 2.64. The number of hydrogen-bond donors (Lipinski definition) is 0. The number of hydrogen-bond acceptors (Lipinski definition) is 5. The lowest BCUT2D eigenvalue weighted by Crippen LogP contribution is -2.12. The topological polar surface area (TPSA) is 73.3 Å². The largest absolute Gasteiger partial charge is 0.339 e. The Balaban J connectivity index is 1.67. The summed E-state index contributed by atoms with van der Waals surface area (Å²) in [5.41, 5.74) is 1.18. The highest BCUT2D eigenvalue weighted by atomic mass is 32.1. The van der Waals surface area contributed by atoms with Crippen LogP contribution in [0.15, 0.2) is 39.3 Å². The van der Waals surface area contributed by atoms with Crippen molar-refractivity contribution in [2.24, 2.45) is 12.0 Å². The van der Waals surface area contributed by atoms with Gasteiger partial charge in [0.25, 0.3) is 0 Å². The Bertz CT molecular complexity index is 941. The molecule has 1 aromatic carbocycles. The van der Waals surface area contributed by atoms with Gasteiger partial charge in [-0.15, -0.1) is 11.3 Å². The summed E-state index contributed by atoms with van der Waals surface area (Å²) in [5.74, 6) is 0.204. The second kappa shape index (κ2) is 6.88. The van der Waals surface area contributed by atoms with Crippen LogP contribution in [0.25, 0.3) is 11.4 Å². The van der Waals surface area contributed by atoms with Crippen LogP contribution in [0.1, 0.15) is 17.9 Å². The number of carbonyl (C=O) groups is 1. The van der Waals surface area contributed by atoms with E-state index in [1.807, 2.05) is 18.6 Å². The van der Waals surface area contributed by atoms with E-state index in [0.29, 0.717) is 34.1 Å². The minimum absolute atomic E-state index is 0.183. The number of benzene rings is 1. The van der Waals surface area contributed by atoms with Crippen molar-refractivity contribution < 1.29 is 13.7 Å². The molecule has 0 atom stereocenters. The molecular formula is C16H15FN4O2S. The van der Waals surface area contributed by atoms with Gasteiger partial charge in [-0.3, -0.25) is 4.79 Å². The van der Waals surface area contributed by atoms with Crippen LogP contribution in [0.3, 0.4) is 0 Å². The van der Waals surface area contributed by atoms with Gasteiger partial charge in [0.2, 0.25) is 17.6 Å². The molecule has 8 heteroatoms. The van der Waals surface area contributed by atoms with Crippen LogP contribution < -0.4 is 4.80 Å². The summed E-state index contributed by atoms with van der Waals surface area (Å²) >= 11 is 1.40. The Morgan fingerprint density at radius 1 is 1.46 bits per heavy atom. The molecule has 0 aliphatic carbocycles. The molecular weight excluding hydrogens is 331 g/mol. The fraction of sp³-hybridized carbons (Fsp3) is 0.250. The van der Waals surface area contributed by atoms with Crippen molar-refractivity contribution in [1.82, 2.24) is 14.7 Å². The third kappa shape index (κ3) is 3.65. The van der Waals surface area contributed by atoms with Crippen molar-refractivity contribution in [1.29, 1.82) is 0 Å². The Hall–Kier alpha value is -2.61. The first-order chi connectivity index (χ1) is 11.5. The highest BCUT2D eigenvalue weighted by Gasteiger charge is 2.11. The Labute approximate surface area is 141 Å². The molecule has 0 aliphatic rings. The van der Waals surface area contributed by atoms with E-state index in [1.165, 1.54) is 17.4 Å². The average molecular weight is 346 g/mol. The summed E-state index contributed by atoms with van der Waals surface area (Å²) in [5, 5.41) is 5.73. The number of aromatic nitrogens is 3. The summed E-state index contributed by atoms with van der Waals surface area (Å²) in [6, 6.07) is 4.61. The summed E-state index contributed by atoms with van der Waals surface area (Å²) < 4.78 is 20.2. The SMILES string of the molecule is Cc1cc(-c2noc(CCC(=O)N=c3sccn3C)n2)ccc1F. The number of thiazole rings is 1. The minimum Gasteiger partial charge on any atom is -0.339 e. The Morgan fingerprint density at radius 2 is 2.29 bits per heavy atom. The zero-order valence-corrected chi connectivity index (χ0v) is 14.0. The first-order valence-electron chi connectivity index (χ1n) is 7.30. The summed E-state index contributed by atoms with van der Waals surface area (Å²) in [6.45, 7) is 1.67. The fourth-order valence-corrected chi connectivity index (χ4v) is 2.82. The third-order valence-corrected chi connectivity index (χ3v) is 4.26. The summed E-state index contributed by atoms with van der Waals surface area (Å²) in [7, 11) is 1.83. The summed E-state index contributed by atoms with van der Waals surface area (Å²) in [6.07, 6.45) is 2.33. The minimum atomic E-state index is -0.281. The maximum Gasteiger partial charge on any atom is 0.248 e. The van der Waals surface area contributed by atoms with E-state index in [9.17, 15) is 9.18 Å². The van der Waals surface area contributed by atoms with Crippen LogP contribution in [-0.2, 0) is 18.3 Å². The van der Waals surface area contributed by atoms with Gasteiger partial charge in [0, 0.05) is 37.0 Å². The van der Waals surface area contributed by atoms with Crippen LogP contribution in [-0.4, -0.2) is 20.6 Å². The van der Waals surface area contributed by atoms with E-state index >= 15 is 0 Å². The number of aryl methyl sites for hydroxylation is 3. The molecule has 0 saturated carbocycles. The van der Waals surface area contributed by atoms with Gasteiger partial charge in [-0.25, -0.2) is 4.39 Å².